The number of carbonyl (C=O) groups is 1. The van der Waals surface area contributed by atoms with Gasteiger partial charge in [0, 0.05) is 12.2 Å². The van der Waals surface area contributed by atoms with Crippen molar-refractivity contribution in [2.45, 2.75) is 25.2 Å². The standard InChI is InChI=1S/C25H23F3N2O4/c26-25(27,28)18-7-4-8-19(12-18)30(24(33)34-15-16-5-2-1-3-6-16)14-21-20-13-23(32)22(31)11-17(20)9-10-29-21/h1-8,11-13,21,29,31-32H,9-10,14-15H2. The Hall–Kier alpha value is -3.72. The Labute approximate surface area is 194 Å². The second-order valence-electron chi connectivity index (χ2n) is 8.00. The van der Waals surface area contributed by atoms with Gasteiger partial charge in [0.25, 0.3) is 0 Å². The Balaban J connectivity index is 1.65. The number of nitrogens with zero attached hydrogens (tertiary/aromatic N) is 1. The molecule has 1 aliphatic rings. The highest BCUT2D eigenvalue weighted by Crippen LogP contribution is 2.36. The molecule has 0 bridgehead atoms. The lowest BCUT2D eigenvalue weighted by molar-refractivity contribution is -0.137. The van der Waals surface area contributed by atoms with Crippen LogP contribution in [0.2, 0.25) is 0 Å². The van der Waals surface area contributed by atoms with E-state index in [0.717, 1.165) is 28.2 Å². The van der Waals surface area contributed by atoms with Gasteiger partial charge >= 0.3 is 12.3 Å². The van der Waals surface area contributed by atoms with Crippen LogP contribution in [0, 0.1) is 0 Å². The summed E-state index contributed by atoms with van der Waals surface area (Å²) in [5, 5.41) is 23.0. The summed E-state index contributed by atoms with van der Waals surface area (Å²) in [5.74, 6) is -0.568. The summed E-state index contributed by atoms with van der Waals surface area (Å²) in [5.41, 5.74) is 1.31. The van der Waals surface area contributed by atoms with Crippen LogP contribution in [0.25, 0.3) is 0 Å². The van der Waals surface area contributed by atoms with E-state index >= 15 is 0 Å². The van der Waals surface area contributed by atoms with Crippen molar-refractivity contribution in [1.29, 1.82) is 0 Å². The van der Waals surface area contributed by atoms with Crippen molar-refractivity contribution in [3.8, 4) is 11.5 Å². The Morgan fingerprint density at radius 1 is 1.03 bits per heavy atom. The number of fused-ring (bicyclic) bond motifs is 1. The van der Waals surface area contributed by atoms with Gasteiger partial charge in [0.05, 0.1) is 11.6 Å². The van der Waals surface area contributed by atoms with E-state index < -0.39 is 23.9 Å². The smallest absolute Gasteiger partial charge is 0.416 e. The molecular formula is C25H23F3N2O4. The molecule has 3 aromatic rings. The summed E-state index contributed by atoms with van der Waals surface area (Å²) >= 11 is 0. The van der Waals surface area contributed by atoms with Crippen molar-refractivity contribution in [2.75, 3.05) is 18.0 Å². The van der Waals surface area contributed by atoms with Crippen LogP contribution in [0.3, 0.4) is 0 Å². The van der Waals surface area contributed by atoms with Gasteiger partial charge in [-0.25, -0.2) is 4.79 Å². The molecule has 3 N–H and O–H groups in total. The Morgan fingerprint density at radius 2 is 1.76 bits per heavy atom. The molecule has 1 unspecified atom stereocenters. The molecule has 1 heterocycles. The van der Waals surface area contributed by atoms with Crippen LogP contribution >= 0.6 is 0 Å². The number of benzene rings is 3. The van der Waals surface area contributed by atoms with Gasteiger partial charge in [-0.05, 0) is 60.0 Å². The van der Waals surface area contributed by atoms with E-state index in [1.807, 2.05) is 6.07 Å². The van der Waals surface area contributed by atoms with E-state index in [9.17, 15) is 28.2 Å². The molecule has 0 radical (unpaired) electrons. The molecule has 1 amide bonds. The lowest BCUT2D eigenvalue weighted by Gasteiger charge is -2.32. The molecule has 9 heteroatoms. The van der Waals surface area contributed by atoms with E-state index in [1.54, 1.807) is 24.3 Å². The highest BCUT2D eigenvalue weighted by Gasteiger charge is 2.33. The quantitative estimate of drug-likeness (QED) is 0.448. The van der Waals surface area contributed by atoms with E-state index in [-0.39, 0.29) is 30.3 Å². The minimum absolute atomic E-state index is 0.0322. The number of amides is 1. The maximum atomic E-state index is 13.3. The van der Waals surface area contributed by atoms with Gasteiger partial charge in [0.15, 0.2) is 11.5 Å². The molecule has 1 atom stereocenters. The largest absolute Gasteiger partial charge is 0.504 e. The molecule has 0 aliphatic carbocycles. The third-order valence-electron chi connectivity index (χ3n) is 5.67. The first-order chi connectivity index (χ1) is 16.2. The third kappa shape index (κ3) is 5.26. The van der Waals surface area contributed by atoms with Gasteiger partial charge in [0.2, 0.25) is 0 Å². The number of halogens is 3. The number of phenols is 2. The van der Waals surface area contributed by atoms with E-state index in [4.69, 9.17) is 4.74 Å². The molecule has 1 aliphatic heterocycles. The van der Waals surface area contributed by atoms with Crippen LogP contribution in [-0.4, -0.2) is 29.4 Å². The number of carbonyl (C=O) groups excluding carboxylic acids is 1. The number of phenolic OH excluding ortho intramolecular Hbond substituents is 2. The number of rotatable bonds is 5. The number of hydrogen-bond donors (Lipinski definition) is 3. The molecule has 6 nitrogen and oxygen atoms in total. The fourth-order valence-corrected chi connectivity index (χ4v) is 3.95. The Kier molecular flexibility index (Phi) is 6.65. The maximum Gasteiger partial charge on any atom is 0.416 e. The molecule has 3 aromatic carbocycles. The van der Waals surface area contributed by atoms with Gasteiger partial charge in [-0.15, -0.1) is 0 Å². The van der Waals surface area contributed by atoms with Gasteiger partial charge in [0.1, 0.15) is 6.61 Å². The number of hydrogen-bond acceptors (Lipinski definition) is 5. The molecule has 34 heavy (non-hydrogen) atoms. The molecule has 0 aromatic heterocycles. The van der Waals surface area contributed by atoms with Crippen molar-refractivity contribution >= 4 is 11.8 Å². The molecular weight excluding hydrogens is 449 g/mol. The highest BCUT2D eigenvalue weighted by molar-refractivity contribution is 5.88. The minimum atomic E-state index is -4.57. The zero-order valence-corrected chi connectivity index (χ0v) is 18.0. The van der Waals surface area contributed by atoms with Gasteiger partial charge < -0.3 is 20.3 Å². The van der Waals surface area contributed by atoms with Crippen molar-refractivity contribution in [2.24, 2.45) is 0 Å². The number of anilines is 1. The predicted molar refractivity (Wildman–Crippen MR) is 120 cm³/mol. The predicted octanol–water partition coefficient (Wildman–Crippen LogP) is 5.15. The van der Waals surface area contributed by atoms with E-state index in [1.165, 1.54) is 24.3 Å². The van der Waals surface area contributed by atoms with Crippen molar-refractivity contribution < 1.29 is 32.9 Å². The fourth-order valence-electron chi connectivity index (χ4n) is 3.95. The number of alkyl halides is 3. The first kappa shape index (κ1) is 23.4. The molecule has 4 rings (SSSR count). The molecule has 0 fully saturated rings. The summed E-state index contributed by atoms with van der Waals surface area (Å²) < 4.78 is 45.5. The summed E-state index contributed by atoms with van der Waals surface area (Å²) in [6.45, 7) is 0.433. The zero-order chi connectivity index (χ0) is 24.3. The monoisotopic (exact) mass is 472 g/mol. The third-order valence-corrected chi connectivity index (χ3v) is 5.67. The number of ether oxygens (including phenoxy) is 1. The number of aromatic hydroxyl groups is 2. The summed E-state index contributed by atoms with van der Waals surface area (Å²) in [6.07, 6.45) is -4.80. The van der Waals surface area contributed by atoms with Crippen molar-refractivity contribution in [1.82, 2.24) is 5.32 Å². The topological polar surface area (TPSA) is 82.0 Å². The summed E-state index contributed by atoms with van der Waals surface area (Å²) in [4.78, 5) is 14.2. The molecule has 178 valence electrons. The minimum Gasteiger partial charge on any atom is -0.504 e. The lowest BCUT2D eigenvalue weighted by Crippen LogP contribution is -2.42. The van der Waals surface area contributed by atoms with Crippen molar-refractivity contribution in [3.05, 3.63) is 89.0 Å². The second-order valence-corrected chi connectivity index (χ2v) is 8.00. The normalized spacial score (nSPS) is 15.4. The Bertz CT molecular complexity index is 1170. The average Bonchev–Trinajstić information content (AvgIpc) is 2.82. The molecule has 0 spiro atoms. The van der Waals surface area contributed by atoms with Crippen LogP contribution in [0.4, 0.5) is 23.7 Å². The van der Waals surface area contributed by atoms with Crippen LogP contribution in [-0.2, 0) is 23.9 Å². The average molecular weight is 472 g/mol. The Morgan fingerprint density at radius 3 is 2.50 bits per heavy atom. The zero-order valence-electron chi connectivity index (χ0n) is 18.0. The fraction of sp³-hybridized carbons (Fsp3) is 0.240. The van der Waals surface area contributed by atoms with Gasteiger partial charge in [-0.3, -0.25) is 4.90 Å². The summed E-state index contributed by atoms with van der Waals surface area (Å²) in [7, 11) is 0. The maximum absolute atomic E-state index is 13.3. The first-order valence-corrected chi connectivity index (χ1v) is 10.7. The van der Waals surface area contributed by atoms with E-state index in [2.05, 4.69) is 5.32 Å². The van der Waals surface area contributed by atoms with E-state index in [0.29, 0.717) is 18.5 Å². The van der Waals surface area contributed by atoms with Crippen LogP contribution in [0.5, 0.6) is 11.5 Å². The van der Waals surface area contributed by atoms with Crippen LogP contribution < -0.4 is 10.2 Å². The molecule has 0 saturated carbocycles. The van der Waals surface area contributed by atoms with Gasteiger partial charge in [-0.2, -0.15) is 13.2 Å². The first-order valence-electron chi connectivity index (χ1n) is 10.7. The lowest BCUT2D eigenvalue weighted by atomic mass is 9.93. The second kappa shape index (κ2) is 9.64. The van der Waals surface area contributed by atoms with Crippen molar-refractivity contribution in [3.63, 3.8) is 0 Å². The van der Waals surface area contributed by atoms with Crippen LogP contribution in [0.15, 0.2) is 66.7 Å². The molecule has 0 saturated heterocycles. The highest BCUT2D eigenvalue weighted by atomic mass is 19.4. The number of nitrogens with one attached hydrogen (secondary N) is 1. The van der Waals surface area contributed by atoms with Crippen LogP contribution in [0.1, 0.15) is 28.3 Å². The SMILES string of the molecule is O=C(OCc1ccccc1)N(CC1NCCc2cc(O)c(O)cc21)c1cccc(C(F)(F)F)c1. The summed E-state index contributed by atoms with van der Waals surface area (Å²) in [6, 6.07) is 15.8. The van der Waals surface area contributed by atoms with Gasteiger partial charge in [-0.1, -0.05) is 36.4 Å².